The van der Waals surface area contributed by atoms with Crippen LogP contribution in [0.2, 0.25) is 0 Å². The summed E-state index contributed by atoms with van der Waals surface area (Å²) in [7, 11) is 0. The van der Waals surface area contributed by atoms with E-state index >= 15 is 0 Å². The Labute approximate surface area is 145 Å². The number of hydrogen-bond acceptors (Lipinski definition) is 6. The second-order valence-electron chi connectivity index (χ2n) is 5.54. The Morgan fingerprint density at radius 3 is 1.41 bits per heavy atom. The Morgan fingerprint density at radius 2 is 1.09 bits per heavy atom. The van der Waals surface area contributed by atoms with Crippen molar-refractivity contribution in [1.82, 2.24) is 0 Å². The molecule has 0 heterocycles. The van der Waals surface area contributed by atoms with Gasteiger partial charge in [0.2, 0.25) is 0 Å². The predicted octanol–water partition coefficient (Wildman–Crippen LogP) is 4.53. The Balaban J connectivity index is 3.80. The van der Waals surface area contributed by atoms with Crippen LogP contribution in [0.15, 0.2) is 0 Å². The van der Waals surface area contributed by atoms with Crippen molar-refractivity contribution in [2.24, 2.45) is 0 Å². The smallest absolute Gasteiger partial charge is 0.246 e. The maximum absolute atomic E-state index is 11.6. The van der Waals surface area contributed by atoms with Crippen molar-refractivity contribution in [3.63, 3.8) is 0 Å². The highest BCUT2D eigenvalue weighted by atomic mass is 32.1. The molecule has 22 heavy (non-hydrogen) atoms. The molecule has 0 N–H and O–H groups in total. The fraction of sp³-hybridized carbons (Fsp3) is 0.875. The maximum atomic E-state index is 11.6. The number of unbranched alkanes of at least 4 members (excludes halogenated alkanes) is 6. The van der Waals surface area contributed by atoms with Gasteiger partial charge in [0.25, 0.3) is 0 Å². The maximum Gasteiger partial charge on any atom is 0.368 e. The Bertz CT molecular complexity index is 281. The third-order valence-corrected chi connectivity index (χ3v) is 4.35. The van der Waals surface area contributed by atoms with Crippen molar-refractivity contribution in [3.8, 4) is 0 Å². The van der Waals surface area contributed by atoms with Crippen molar-refractivity contribution in [2.45, 2.75) is 88.6 Å². The summed E-state index contributed by atoms with van der Waals surface area (Å²) in [5, 5.41) is -1.10. The van der Waals surface area contributed by atoms with E-state index in [-0.39, 0.29) is 0 Å². The van der Waals surface area contributed by atoms with Gasteiger partial charge in [0, 0.05) is 0 Å². The van der Waals surface area contributed by atoms with Gasteiger partial charge in [-0.2, -0.15) is 25.3 Å². The van der Waals surface area contributed by atoms with Gasteiger partial charge in [-0.05, 0) is 12.8 Å². The standard InChI is InChI=1S/C16H30O4S2/c1-3-5-7-9-11-13(21)15(17)19-20-16(18)14(22)12-10-8-6-4-2/h13-14,21-22H,3-12H2,1-2H3. The molecule has 0 spiro atoms. The van der Waals surface area contributed by atoms with Crippen molar-refractivity contribution in [3.05, 3.63) is 0 Å². The second-order valence-corrected chi connectivity index (χ2v) is 6.78. The number of rotatable bonds is 12. The molecular weight excluding hydrogens is 320 g/mol. The lowest BCUT2D eigenvalue weighted by atomic mass is 10.1. The van der Waals surface area contributed by atoms with Crippen LogP contribution in [0.25, 0.3) is 0 Å². The van der Waals surface area contributed by atoms with Crippen LogP contribution in [0.5, 0.6) is 0 Å². The number of carbonyl (C=O) groups is 2. The van der Waals surface area contributed by atoms with Gasteiger partial charge in [-0.1, -0.05) is 65.2 Å². The van der Waals surface area contributed by atoms with Crippen molar-refractivity contribution >= 4 is 37.2 Å². The third-order valence-electron chi connectivity index (χ3n) is 3.41. The fourth-order valence-corrected chi connectivity index (χ4v) is 2.41. The Kier molecular flexibility index (Phi) is 14.0. The summed E-state index contributed by atoms with van der Waals surface area (Å²) in [6.07, 6.45) is 9.78. The summed E-state index contributed by atoms with van der Waals surface area (Å²) in [5.41, 5.74) is 0. The minimum absolute atomic E-state index is 0.549. The molecule has 0 fully saturated rings. The molecule has 0 rings (SSSR count). The average Bonchev–Trinajstić information content (AvgIpc) is 2.52. The molecule has 0 radical (unpaired) electrons. The van der Waals surface area contributed by atoms with Gasteiger partial charge < -0.3 is 0 Å². The zero-order valence-electron chi connectivity index (χ0n) is 13.8. The number of thiol groups is 2. The van der Waals surface area contributed by atoms with E-state index in [1.165, 1.54) is 0 Å². The number of carbonyl (C=O) groups excluding carboxylic acids is 2. The molecule has 4 nitrogen and oxygen atoms in total. The minimum Gasteiger partial charge on any atom is -0.246 e. The molecule has 2 atom stereocenters. The molecule has 130 valence electrons. The van der Waals surface area contributed by atoms with E-state index in [0.29, 0.717) is 12.8 Å². The van der Waals surface area contributed by atoms with Gasteiger partial charge >= 0.3 is 11.9 Å². The van der Waals surface area contributed by atoms with Gasteiger partial charge in [-0.15, -0.1) is 0 Å². The largest absolute Gasteiger partial charge is 0.368 e. The lowest BCUT2D eigenvalue weighted by Gasteiger charge is -2.11. The third kappa shape index (κ3) is 11.2. The molecule has 0 bridgehead atoms. The van der Waals surface area contributed by atoms with Gasteiger partial charge in [0.05, 0.1) is 0 Å². The molecule has 0 aromatic carbocycles. The van der Waals surface area contributed by atoms with Crippen LogP contribution in [0, 0.1) is 0 Å². The molecular formula is C16H30O4S2. The molecule has 6 heteroatoms. The summed E-state index contributed by atoms with van der Waals surface area (Å²) < 4.78 is 0. The van der Waals surface area contributed by atoms with E-state index in [1.54, 1.807) is 0 Å². The first-order chi connectivity index (χ1) is 10.5. The van der Waals surface area contributed by atoms with Crippen LogP contribution in [0.3, 0.4) is 0 Å². The molecule has 0 aromatic heterocycles. The van der Waals surface area contributed by atoms with Crippen molar-refractivity contribution in [2.75, 3.05) is 0 Å². The van der Waals surface area contributed by atoms with Crippen LogP contribution in [0.4, 0.5) is 0 Å². The van der Waals surface area contributed by atoms with Gasteiger partial charge in [-0.25, -0.2) is 19.4 Å². The fourth-order valence-electron chi connectivity index (χ4n) is 1.96. The van der Waals surface area contributed by atoms with E-state index in [1.807, 2.05) is 0 Å². The summed E-state index contributed by atoms with van der Waals surface area (Å²) in [4.78, 5) is 32.4. The SMILES string of the molecule is CCCCCCC(S)C(=O)OOC(=O)C(S)CCCCCC. The van der Waals surface area contributed by atoms with Gasteiger partial charge in [0.15, 0.2) is 0 Å². The number of hydrogen-bond donors (Lipinski definition) is 2. The minimum atomic E-state index is -0.611. The molecule has 0 aliphatic heterocycles. The lowest BCUT2D eigenvalue weighted by molar-refractivity contribution is -0.258. The van der Waals surface area contributed by atoms with Crippen LogP contribution < -0.4 is 0 Å². The lowest BCUT2D eigenvalue weighted by Crippen LogP contribution is -2.24. The molecule has 0 saturated heterocycles. The molecule has 0 amide bonds. The highest BCUT2D eigenvalue weighted by Crippen LogP contribution is 2.14. The van der Waals surface area contributed by atoms with Crippen LogP contribution >= 0.6 is 25.3 Å². The first-order valence-electron chi connectivity index (χ1n) is 8.31. The van der Waals surface area contributed by atoms with Crippen molar-refractivity contribution < 1.29 is 19.4 Å². The van der Waals surface area contributed by atoms with Gasteiger partial charge in [0.1, 0.15) is 10.5 Å². The summed E-state index contributed by atoms with van der Waals surface area (Å²) in [6.45, 7) is 4.25. The zero-order chi connectivity index (χ0) is 16.8. The molecule has 0 aromatic rings. The van der Waals surface area contributed by atoms with E-state index in [4.69, 9.17) is 0 Å². The van der Waals surface area contributed by atoms with Gasteiger partial charge in [-0.3, -0.25) is 0 Å². The first kappa shape index (κ1) is 21.6. The van der Waals surface area contributed by atoms with Crippen molar-refractivity contribution in [1.29, 1.82) is 0 Å². The van der Waals surface area contributed by atoms with E-state index < -0.39 is 22.4 Å². The van der Waals surface area contributed by atoms with E-state index in [0.717, 1.165) is 51.4 Å². The average molecular weight is 351 g/mol. The Morgan fingerprint density at radius 1 is 0.727 bits per heavy atom. The van der Waals surface area contributed by atoms with E-state index in [2.05, 4.69) is 48.9 Å². The summed E-state index contributed by atoms with van der Waals surface area (Å²) in [6, 6.07) is 0. The summed E-state index contributed by atoms with van der Waals surface area (Å²) >= 11 is 8.35. The molecule has 0 aliphatic rings. The first-order valence-corrected chi connectivity index (χ1v) is 9.34. The quantitative estimate of drug-likeness (QED) is 0.235. The Hall–Kier alpha value is -0.360. The second kappa shape index (κ2) is 14.2. The molecule has 0 aliphatic carbocycles. The van der Waals surface area contributed by atoms with E-state index in [9.17, 15) is 9.59 Å². The predicted molar refractivity (Wildman–Crippen MR) is 95.3 cm³/mol. The van der Waals surface area contributed by atoms with Crippen LogP contribution in [0.1, 0.15) is 78.1 Å². The highest BCUT2D eigenvalue weighted by Gasteiger charge is 2.21. The topological polar surface area (TPSA) is 52.6 Å². The zero-order valence-corrected chi connectivity index (χ0v) is 15.5. The van der Waals surface area contributed by atoms with Crippen LogP contribution in [-0.4, -0.2) is 22.4 Å². The monoisotopic (exact) mass is 350 g/mol. The summed E-state index contributed by atoms with van der Waals surface area (Å²) in [5.74, 6) is -1.22. The normalized spacial score (nSPS) is 13.5. The highest BCUT2D eigenvalue weighted by molar-refractivity contribution is 7.82. The van der Waals surface area contributed by atoms with Crippen LogP contribution in [-0.2, 0) is 19.4 Å². The molecule has 0 saturated carbocycles. The molecule has 2 unspecified atom stereocenters.